The second-order valence-electron chi connectivity index (χ2n) is 7.03. The van der Waals surface area contributed by atoms with Gasteiger partial charge in [0.25, 0.3) is 0 Å². The smallest absolute Gasteiger partial charge is 0.227 e. The number of amides is 1. The minimum atomic E-state index is -0.297. The first-order valence-electron chi connectivity index (χ1n) is 9.48. The number of piperidine rings is 1. The van der Waals surface area contributed by atoms with Gasteiger partial charge in [0.15, 0.2) is 0 Å². The molecule has 5 nitrogen and oxygen atoms in total. The summed E-state index contributed by atoms with van der Waals surface area (Å²) in [5, 5.41) is 3.53. The molecule has 2 heterocycles. The third-order valence-corrected chi connectivity index (χ3v) is 5.29. The second kappa shape index (κ2) is 8.57. The van der Waals surface area contributed by atoms with E-state index in [0.29, 0.717) is 35.1 Å². The molecule has 29 heavy (non-hydrogen) atoms. The first kappa shape index (κ1) is 19.3. The van der Waals surface area contributed by atoms with Gasteiger partial charge in [-0.15, -0.1) is 0 Å². The van der Waals surface area contributed by atoms with Crippen molar-refractivity contribution in [2.75, 3.05) is 23.3 Å². The summed E-state index contributed by atoms with van der Waals surface area (Å²) in [6, 6.07) is 15.4. The van der Waals surface area contributed by atoms with Gasteiger partial charge < -0.3 is 10.2 Å². The van der Waals surface area contributed by atoms with Crippen molar-refractivity contribution in [1.82, 2.24) is 9.97 Å². The van der Waals surface area contributed by atoms with Crippen molar-refractivity contribution >= 4 is 29.0 Å². The topological polar surface area (TPSA) is 58.1 Å². The number of benzene rings is 2. The molecule has 7 heteroatoms. The van der Waals surface area contributed by atoms with Gasteiger partial charge >= 0.3 is 0 Å². The molecule has 1 N–H and O–H groups in total. The van der Waals surface area contributed by atoms with Crippen molar-refractivity contribution < 1.29 is 9.18 Å². The van der Waals surface area contributed by atoms with Crippen LogP contribution in [-0.4, -0.2) is 29.0 Å². The van der Waals surface area contributed by atoms with Gasteiger partial charge in [-0.05, 0) is 43.2 Å². The van der Waals surface area contributed by atoms with Crippen molar-refractivity contribution in [1.29, 1.82) is 0 Å². The summed E-state index contributed by atoms with van der Waals surface area (Å²) in [5.41, 5.74) is 2.10. The molecule has 148 valence electrons. The molecular weight excluding hydrogens is 391 g/mol. The third kappa shape index (κ3) is 4.71. The predicted octanol–water partition coefficient (Wildman–Crippen LogP) is 4.79. The monoisotopic (exact) mass is 410 g/mol. The molecule has 0 atom stereocenters. The van der Waals surface area contributed by atoms with Crippen molar-refractivity contribution in [3.8, 4) is 11.3 Å². The quantitative estimate of drug-likeness (QED) is 0.671. The molecule has 0 bridgehead atoms. The van der Waals surface area contributed by atoms with E-state index in [4.69, 9.17) is 11.6 Å². The van der Waals surface area contributed by atoms with Crippen LogP contribution in [0.1, 0.15) is 12.8 Å². The second-order valence-corrected chi connectivity index (χ2v) is 7.47. The fourth-order valence-corrected chi connectivity index (χ4v) is 3.70. The number of rotatable bonds is 4. The Morgan fingerprint density at radius 1 is 1.07 bits per heavy atom. The maximum Gasteiger partial charge on any atom is 0.227 e. The maximum absolute atomic E-state index is 13.5. The fourth-order valence-electron chi connectivity index (χ4n) is 3.51. The first-order chi connectivity index (χ1) is 14.1. The van der Waals surface area contributed by atoms with E-state index in [0.717, 1.165) is 18.7 Å². The Bertz CT molecular complexity index is 1020. The van der Waals surface area contributed by atoms with Crippen LogP contribution in [0.4, 0.5) is 15.9 Å². The lowest BCUT2D eigenvalue weighted by atomic mass is 9.95. The summed E-state index contributed by atoms with van der Waals surface area (Å²) >= 11 is 5.98. The average molecular weight is 411 g/mol. The maximum atomic E-state index is 13.5. The Hall–Kier alpha value is -2.99. The Morgan fingerprint density at radius 2 is 1.86 bits per heavy atom. The summed E-state index contributed by atoms with van der Waals surface area (Å²) in [5.74, 6) is 0.437. The predicted molar refractivity (Wildman–Crippen MR) is 112 cm³/mol. The van der Waals surface area contributed by atoms with Crippen LogP contribution in [-0.2, 0) is 4.79 Å². The molecule has 2 aromatic carbocycles. The van der Waals surface area contributed by atoms with E-state index in [-0.39, 0.29) is 17.6 Å². The van der Waals surface area contributed by atoms with E-state index in [1.165, 1.54) is 18.5 Å². The number of hydrogen-bond donors (Lipinski definition) is 1. The third-order valence-electron chi connectivity index (χ3n) is 5.05. The summed E-state index contributed by atoms with van der Waals surface area (Å²) in [6.45, 7) is 1.43. The van der Waals surface area contributed by atoms with Crippen LogP contribution in [0.3, 0.4) is 0 Å². The molecule has 1 amide bonds. The van der Waals surface area contributed by atoms with Crippen molar-refractivity contribution in [3.05, 3.63) is 71.8 Å². The molecule has 1 fully saturated rings. The van der Waals surface area contributed by atoms with Crippen LogP contribution in [0.15, 0.2) is 60.9 Å². The van der Waals surface area contributed by atoms with Crippen molar-refractivity contribution in [2.24, 2.45) is 5.92 Å². The molecule has 0 aliphatic carbocycles. The zero-order chi connectivity index (χ0) is 20.2. The van der Waals surface area contributed by atoms with E-state index < -0.39 is 0 Å². The minimum Gasteiger partial charge on any atom is -0.356 e. The van der Waals surface area contributed by atoms with Gasteiger partial charge in [-0.3, -0.25) is 4.79 Å². The Kier molecular flexibility index (Phi) is 5.71. The standard InChI is InChI=1S/C22H20ClFN4O/c23-17-4-2-6-19(12-17)27-22(29)15-7-9-28(10-8-15)21-13-20(25-14-26-21)16-3-1-5-18(24)11-16/h1-6,11-15H,7-10H2,(H,27,29). The van der Waals surface area contributed by atoms with E-state index in [1.807, 2.05) is 24.3 Å². The summed E-state index contributed by atoms with van der Waals surface area (Å²) in [4.78, 5) is 23.3. The van der Waals surface area contributed by atoms with Gasteiger partial charge in [-0.1, -0.05) is 29.8 Å². The number of carbonyl (C=O) groups is 1. The SMILES string of the molecule is O=C(Nc1cccc(Cl)c1)C1CCN(c2cc(-c3cccc(F)c3)ncn2)CC1. The average Bonchev–Trinajstić information content (AvgIpc) is 2.74. The Balaban J connectivity index is 1.39. The lowest BCUT2D eigenvalue weighted by Crippen LogP contribution is -2.38. The van der Waals surface area contributed by atoms with E-state index >= 15 is 0 Å². The number of aromatic nitrogens is 2. The van der Waals surface area contributed by atoms with Crippen LogP contribution in [0.2, 0.25) is 5.02 Å². The van der Waals surface area contributed by atoms with Crippen molar-refractivity contribution in [3.63, 3.8) is 0 Å². The number of halogens is 2. The van der Waals surface area contributed by atoms with Crippen LogP contribution in [0.5, 0.6) is 0 Å². The van der Waals surface area contributed by atoms with Gasteiger partial charge in [-0.25, -0.2) is 14.4 Å². The number of nitrogens with zero attached hydrogens (tertiary/aromatic N) is 3. The molecule has 1 aromatic heterocycles. The summed E-state index contributed by atoms with van der Waals surface area (Å²) in [7, 11) is 0. The number of anilines is 2. The lowest BCUT2D eigenvalue weighted by molar-refractivity contribution is -0.120. The number of hydrogen-bond acceptors (Lipinski definition) is 4. The number of nitrogens with one attached hydrogen (secondary N) is 1. The summed E-state index contributed by atoms with van der Waals surface area (Å²) in [6.07, 6.45) is 2.95. The molecule has 1 saturated heterocycles. The van der Waals surface area contributed by atoms with Gasteiger partial charge in [0.05, 0.1) is 5.69 Å². The largest absolute Gasteiger partial charge is 0.356 e. The van der Waals surface area contributed by atoms with Crippen LogP contribution in [0, 0.1) is 11.7 Å². The Morgan fingerprint density at radius 3 is 2.62 bits per heavy atom. The molecule has 0 unspecified atom stereocenters. The van der Waals surface area contributed by atoms with Gasteiger partial charge in [0.1, 0.15) is 18.0 Å². The van der Waals surface area contributed by atoms with Crippen LogP contribution >= 0.6 is 11.6 Å². The van der Waals surface area contributed by atoms with Crippen LogP contribution in [0.25, 0.3) is 11.3 Å². The van der Waals surface area contributed by atoms with Gasteiger partial charge in [0.2, 0.25) is 5.91 Å². The first-order valence-corrected chi connectivity index (χ1v) is 9.85. The molecule has 1 aliphatic heterocycles. The van der Waals surface area contributed by atoms with E-state index in [9.17, 15) is 9.18 Å². The van der Waals surface area contributed by atoms with Crippen LogP contribution < -0.4 is 10.2 Å². The normalized spacial score (nSPS) is 14.6. The lowest BCUT2D eigenvalue weighted by Gasteiger charge is -2.32. The number of carbonyl (C=O) groups excluding carboxylic acids is 1. The van der Waals surface area contributed by atoms with E-state index in [2.05, 4.69) is 20.2 Å². The highest BCUT2D eigenvalue weighted by Gasteiger charge is 2.26. The molecule has 1 aliphatic rings. The van der Waals surface area contributed by atoms with Crippen molar-refractivity contribution in [2.45, 2.75) is 12.8 Å². The van der Waals surface area contributed by atoms with E-state index in [1.54, 1.807) is 18.2 Å². The zero-order valence-corrected chi connectivity index (χ0v) is 16.4. The highest BCUT2D eigenvalue weighted by molar-refractivity contribution is 6.30. The zero-order valence-electron chi connectivity index (χ0n) is 15.7. The fraction of sp³-hybridized carbons (Fsp3) is 0.227. The highest BCUT2D eigenvalue weighted by atomic mass is 35.5. The summed E-state index contributed by atoms with van der Waals surface area (Å²) < 4.78 is 13.5. The minimum absolute atomic E-state index is 0.00931. The molecule has 3 aromatic rings. The molecule has 4 rings (SSSR count). The molecular formula is C22H20ClFN4O. The Labute approximate surface area is 173 Å². The van der Waals surface area contributed by atoms with Gasteiger partial charge in [0, 0.05) is 41.3 Å². The molecule has 0 saturated carbocycles. The molecule has 0 radical (unpaired) electrons. The van der Waals surface area contributed by atoms with Gasteiger partial charge in [-0.2, -0.15) is 0 Å². The highest BCUT2D eigenvalue weighted by Crippen LogP contribution is 2.26. The molecule has 0 spiro atoms.